The fourth-order valence-electron chi connectivity index (χ4n) is 2.57. The van der Waals surface area contributed by atoms with Crippen molar-refractivity contribution >= 4 is 27.6 Å². The molecule has 30 heavy (non-hydrogen) atoms. The number of sulfonamides is 1. The first-order valence-electron chi connectivity index (χ1n) is 9.54. The van der Waals surface area contributed by atoms with Crippen molar-refractivity contribution in [1.29, 1.82) is 0 Å². The lowest BCUT2D eigenvalue weighted by molar-refractivity contribution is -0.121. The van der Waals surface area contributed by atoms with Gasteiger partial charge in [0.05, 0.1) is 11.4 Å². The fraction of sp³-hybridized carbons (Fsp3) is 0.333. The van der Waals surface area contributed by atoms with Gasteiger partial charge in [0.1, 0.15) is 0 Å². The van der Waals surface area contributed by atoms with Gasteiger partial charge in [-0.25, -0.2) is 13.2 Å². The number of urea groups is 1. The van der Waals surface area contributed by atoms with Crippen molar-refractivity contribution in [3.05, 3.63) is 59.7 Å². The molecule has 0 saturated heterocycles. The highest BCUT2D eigenvalue weighted by Gasteiger charge is 2.22. The standard InChI is InChI=1S/C21H28N4O4S/c1-15(2)23-21(27)24-18-9-7-17(8-10-18)13-22-20(26)14-25(4)30(28,29)19-11-5-16(3)6-12-19/h5-12,15H,13-14H2,1-4H3,(H,22,26)(H2,23,24,27). The van der Waals surface area contributed by atoms with E-state index in [9.17, 15) is 18.0 Å². The van der Waals surface area contributed by atoms with Crippen LogP contribution in [0.1, 0.15) is 25.0 Å². The summed E-state index contributed by atoms with van der Waals surface area (Å²) in [6, 6.07) is 13.2. The Labute approximate surface area is 177 Å². The van der Waals surface area contributed by atoms with Crippen LogP contribution in [0.15, 0.2) is 53.4 Å². The number of benzene rings is 2. The molecule has 0 fully saturated rings. The van der Waals surface area contributed by atoms with E-state index in [1.807, 2.05) is 20.8 Å². The summed E-state index contributed by atoms with van der Waals surface area (Å²) in [5, 5.41) is 8.15. The predicted octanol–water partition coefficient (Wildman–Crippen LogP) is 2.46. The molecule has 0 atom stereocenters. The van der Waals surface area contributed by atoms with Crippen molar-refractivity contribution in [1.82, 2.24) is 14.9 Å². The fourth-order valence-corrected chi connectivity index (χ4v) is 3.70. The Balaban J connectivity index is 1.86. The van der Waals surface area contributed by atoms with E-state index in [4.69, 9.17) is 0 Å². The molecule has 0 aromatic heterocycles. The molecule has 0 heterocycles. The number of amides is 3. The smallest absolute Gasteiger partial charge is 0.319 e. The number of carbonyl (C=O) groups is 2. The Bertz CT molecular complexity index is 971. The van der Waals surface area contributed by atoms with Gasteiger partial charge in [0, 0.05) is 25.3 Å². The Morgan fingerprint density at radius 1 is 1.00 bits per heavy atom. The van der Waals surface area contributed by atoms with Crippen molar-refractivity contribution in [2.45, 2.75) is 38.3 Å². The molecule has 3 amide bonds. The van der Waals surface area contributed by atoms with Crippen LogP contribution < -0.4 is 16.0 Å². The zero-order valence-corrected chi connectivity index (χ0v) is 18.4. The quantitative estimate of drug-likeness (QED) is 0.595. The van der Waals surface area contributed by atoms with E-state index >= 15 is 0 Å². The molecule has 0 bridgehead atoms. The van der Waals surface area contributed by atoms with Crippen LogP contribution in [0.25, 0.3) is 0 Å². The third-order valence-corrected chi connectivity index (χ3v) is 6.03. The number of anilines is 1. The molecule has 2 aromatic rings. The minimum atomic E-state index is -3.73. The SMILES string of the molecule is Cc1ccc(S(=O)(=O)N(C)CC(=O)NCc2ccc(NC(=O)NC(C)C)cc2)cc1. The van der Waals surface area contributed by atoms with Gasteiger partial charge in [-0.2, -0.15) is 4.31 Å². The van der Waals surface area contributed by atoms with Crippen LogP contribution in [-0.4, -0.2) is 44.3 Å². The van der Waals surface area contributed by atoms with Gasteiger partial charge in [0.15, 0.2) is 0 Å². The van der Waals surface area contributed by atoms with Crippen LogP contribution in [0.4, 0.5) is 10.5 Å². The van der Waals surface area contributed by atoms with E-state index in [2.05, 4.69) is 16.0 Å². The van der Waals surface area contributed by atoms with E-state index < -0.39 is 15.9 Å². The average Bonchev–Trinajstić information content (AvgIpc) is 2.67. The van der Waals surface area contributed by atoms with Crippen molar-refractivity contribution in [2.24, 2.45) is 0 Å². The molecule has 0 radical (unpaired) electrons. The maximum atomic E-state index is 12.6. The normalized spacial score (nSPS) is 11.4. The zero-order valence-electron chi connectivity index (χ0n) is 17.6. The van der Waals surface area contributed by atoms with E-state index in [-0.39, 0.29) is 30.1 Å². The maximum absolute atomic E-state index is 12.6. The Hall–Kier alpha value is -2.91. The minimum absolute atomic E-state index is 0.0347. The van der Waals surface area contributed by atoms with Gasteiger partial charge < -0.3 is 16.0 Å². The summed E-state index contributed by atoms with van der Waals surface area (Å²) < 4.78 is 26.1. The average molecular weight is 433 g/mol. The van der Waals surface area contributed by atoms with Gasteiger partial charge in [0.2, 0.25) is 15.9 Å². The number of rotatable bonds is 8. The van der Waals surface area contributed by atoms with Gasteiger partial charge >= 0.3 is 6.03 Å². The zero-order chi connectivity index (χ0) is 22.3. The maximum Gasteiger partial charge on any atom is 0.319 e. The summed E-state index contributed by atoms with van der Waals surface area (Å²) >= 11 is 0. The first-order valence-corrected chi connectivity index (χ1v) is 11.0. The second-order valence-electron chi connectivity index (χ2n) is 7.30. The van der Waals surface area contributed by atoms with E-state index in [1.54, 1.807) is 36.4 Å². The van der Waals surface area contributed by atoms with Crippen LogP contribution in [0, 0.1) is 6.92 Å². The molecule has 2 rings (SSSR count). The summed E-state index contributed by atoms with van der Waals surface area (Å²) in [5.74, 6) is -0.410. The molecule has 2 aromatic carbocycles. The van der Waals surface area contributed by atoms with Gasteiger partial charge in [-0.3, -0.25) is 4.79 Å². The monoisotopic (exact) mass is 432 g/mol. The highest BCUT2D eigenvalue weighted by atomic mass is 32.2. The molecule has 0 unspecified atom stereocenters. The summed E-state index contributed by atoms with van der Waals surface area (Å²) in [4.78, 5) is 24.0. The molecule has 0 aliphatic rings. The summed E-state index contributed by atoms with van der Waals surface area (Å²) in [6.45, 7) is 5.57. The number of nitrogens with zero attached hydrogens (tertiary/aromatic N) is 1. The molecule has 9 heteroatoms. The first kappa shape index (κ1) is 23.4. The molecular weight excluding hydrogens is 404 g/mol. The Morgan fingerprint density at radius 2 is 1.60 bits per heavy atom. The van der Waals surface area contributed by atoms with Crippen molar-refractivity contribution in [3.8, 4) is 0 Å². The molecule has 162 valence electrons. The molecular formula is C21H28N4O4S. The number of likely N-dealkylation sites (N-methyl/N-ethyl adjacent to an activating group) is 1. The van der Waals surface area contributed by atoms with E-state index in [1.165, 1.54) is 19.2 Å². The number of nitrogens with one attached hydrogen (secondary N) is 3. The van der Waals surface area contributed by atoms with Crippen LogP contribution in [-0.2, 0) is 21.4 Å². The lowest BCUT2D eigenvalue weighted by Crippen LogP contribution is -2.38. The van der Waals surface area contributed by atoms with Crippen molar-refractivity contribution in [3.63, 3.8) is 0 Å². The number of carbonyl (C=O) groups excluding carboxylic acids is 2. The first-order chi connectivity index (χ1) is 14.1. The number of aryl methyl sites for hydroxylation is 1. The highest BCUT2D eigenvalue weighted by Crippen LogP contribution is 2.15. The topological polar surface area (TPSA) is 108 Å². The molecule has 0 aliphatic heterocycles. The van der Waals surface area contributed by atoms with E-state index in [0.717, 1.165) is 15.4 Å². The largest absolute Gasteiger partial charge is 0.351 e. The predicted molar refractivity (Wildman–Crippen MR) is 117 cm³/mol. The molecule has 0 spiro atoms. The number of hydrogen-bond donors (Lipinski definition) is 3. The van der Waals surface area contributed by atoms with Crippen molar-refractivity contribution < 1.29 is 18.0 Å². The lowest BCUT2D eigenvalue weighted by atomic mass is 10.2. The number of hydrogen-bond acceptors (Lipinski definition) is 4. The molecule has 8 nitrogen and oxygen atoms in total. The van der Waals surface area contributed by atoms with Gasteiger partial charge in [-0.05, 0) is 50.6 Å². The molecule has 0 saturated carbocycles. The summed E-state index contributed by atoms with van der Waals surface area (Å²) in [5.41, 5.74) is 2.41. The molecule has 3 N–H and O–H groups in total. The van der Waals surface area contributed by atoms with E-state index in [0.29, 0.717) is 5.69 Å². The Kier molecular flexibility index (Phi) is 7.96. The highest BCUT2D eigenvalue weighted by molar-refractivity contribution is 7.89. The van der Waals surface area contributed by atoms with Gasteiger partial charge in [0.25, 0.3) is 0 Å². The lowest BCUT2D eigenvalue weighted by Gasteiger charge is -2.17. The summed E-state index contributed by atoms with van der Waals surface area (Å²) in [6.07, 6.45) is 0. The Morgan fingerprint density at radius 3 is 2.17 bits per heavy atom. The van der Waals surface area contributed by atoms with Crippen LogP contribution in [0.3, 0.4) is 0 Å². The second kappa shape index (κ2) is 10.2. The van der Waals surface area contributed by atoms with Crippen LogP contribution >= 0.6 is 0 Å². The van der Waals surface area contributed by atoms with Crippen molar-refractivity contribution in [2.75, 3.05) is 18.9 Å². The van der Waals surface area contributed by atoms with Gasteiger partial charge in [-0.1, -0.05) is 29.8 Å². The van der Waals surface area contributed by atoms with Crippen LogP contribution in [0.5, 0.6) is 0 Å². The summed E-state index contributed by atoms with van der Waals surface area (Å²) in [7, 11) is -2.36. The minimum Gasteiger partial charge on any atom is -0.351 e. The van der Waals surface area contributed by atoms with Gasteiger partial charge in [-0.15, -0.1) is 0 Å². The second-order valence-corrected chi connectivity index (χ2v) is 9.35. The third kappa shape index (κ3) is 6.85. The molecule has 0 aliphatic carbocycles. The van der Waals surface area contributed by atoms with Crippen LogP contribution in [0.2, 0.25) is 0 Å². The third-order valence-electron chi connectivity index (χ3n) is 4.22.